The molecule has 1 fully saturated rings. The SMILES string of the molecule is COc1ccc([C@H]2CCN(C(=O)OC(C)(C)C)C[C@H]2COS(C)(=O)=O)cc1. The van der Waals surface area contributed by atoms with Crippen LogP contribution in [0, 0.1) is 5.92 Å². The fourth-order valence-corrected chi connectivity index (χ4v) is 3.62. The summed E-state index contributed by atoms with van der Waals surface area (Å²) in [5.74, 6) is 0.680. The lowest BCUT2D eigenvalue weighted by molar-refractivity contribution is 0.0114. The normalized spacial score (nSPS) is 21.0. The fourth-order valence-electron chi connectivity index (χ4n) is 3.19. The van der Waals surface area contributed by atoms with Gasteiger partial charge in [-0.3, -0.25) is 4.18 Å². The van der Waals surface area contributed by atoms with Crippen molar-refractivity contribution in [2.24, 2.45) is 5.92 Å². The van der Waals surface area contributed by atoms with E-state index in [1.807, 2.05) is 45.0 Å². The van der Waals surface area contributed by atoms with Gasteiger partial charge in [0.15, 0.2) is 0 Å². The Bertz CT molecular complexity index is 738. The number of likely N-dealkylation sites (tertiary alicyclic amines) is 1. The highest BCUT2D eigenvalue weighted by Crippen LogP contribution is 2.35. The van der Waals surface area contributed by atoms with Gasteiger partial charge in [0, 0.05) is 19.0 Å². The molecule has 0 radical (unpaired) electrons. The molecule has 0 N–H and O–H groups in total. The van der Waals surface area contributed by atoms with E-state index >= 15 is 0 Å². The van der Waals surface area contributed by atoms with Gasteiger partial charge < -0.3 is 14.4 Å². The van der Waals surface area contributed by atoms with Crippen LogP contribution >= 0.6 is 0 Å². The summed E-state index contributed by atoms with van der Waals surface area (Å²) in [7, 11) is -1.95. The maximum Gasteiger partial charge on any atom is 0.410 e. The van der Waals surface area contributed by atoms with E-state index in [0.717, 1.165) is 17.6 Å². The molecular weight excluding hydrogens is 370 g/mol. The highest BCUT2D eigenvalue weighted by atomic mass is 32.2. The molecule has 0 unspecified atom stereocenters. The van der Waals surface area contributed by atoms with Crippen molar-refractivity contribution in [3.05, 3.63) is 29.8 Å². The van der Waals surface area contributed by atoms with Gasteiger partial charge in [0.2, 0.25) is 0 Å². The number of hydrogen-bond donors (Lipinski definition) is 0. The van der Waals surface area contributed by atoms with Crippen LogP contribution in [0.1, 0.15) is 38.7 Å². The van der Waals surface area contributed by atoms with Crippen molar-refractivity contribution in [2.75, 3.05) is 33.1 Å². The molecule has 1 aliphatic rings. The number of hydrogen-bond acceptors (Lipinski definition) is 6. The molecule has 1 aliphatic heterocycles. The maximum atomic E-state index is 12.4. The lowest BCUT2D eigenvalue weighted by Gasteiger charge is -2.39. The van der Waals surface area contributed by atoms with E-state index in [-0.39, 0.29) is 24.5 Å². The Hall–Kier alpha value is -1.80. The first-order valence-electron chi connectivity index (χ1n) is 8.95. The average Bonchev–Trinajstić information content (AvgIpc) is 2.57. The first kappa shape index (κ1) is 21.5. The van der Waals surface area contributed by atoms with Crippen molar-refractivity contribution in [3.8, 4) is 5.75 Å². The number of carbonyl (C=O) groups is 1. The van der Waals surface area contributed by atoms with Gasteiger partial charge in [0.25, 0.3) is 10.1 Å². The number of piperidine rings is 1. The smallest absolute Gasteiger partial charge is 0.410 e. The van der Waals surface area contributed by atoms with Crippen LogP contribution in [-0.2, 0) is 19.0 Å². The lowest BCUT2D eigenvalue weighted by atomic mass is 9.81. The number of carbonyl (C=O) groups excluding carboxylic acids is 1. The molecule has 27 heavy (non-hydrogen) atoms. The molecule has 1 saturated heterocycles. The Morgan fingerprint density at radius 1 is 1.22 bits per heavy atom. The van der Waals surface area contributed by atoms with Crippen molar-refractivity contribution in [1.82, 2.24) is 4.90 Å². The molecule has 1 aromatic rings. The molecule has 0 saturated carbocycles. The third kappa shape index (κ3) is 6.70. The molecule has 1 amide bonds. The lowest BCUT2D eigenvalue weighted by Crippen LogP contribution is -2.46. The predicted molar refractivity (Wildman–Crippen MR) is 102 cm³/mol. The van der Waals surface area contributed by atoms with Crippen molar-refractivity contribution in [1.29, 1.82) is 0 Å². The summed E-state index contributed by atoms with van der Waals surface area (Å²) in [5, 5.41) is 0. The van der Waals surface area contributed by atoms with Crippen LogP contribution in [-0.4, -0.2) is 58.1 Å². The summed E-state index contributed by atoms with van der Waals surface area (Å²) < 4.78 is 38.6. The van der Waals surface area contributed by atoms with Gasteiger partial charge in [0.1, 0.15) is 11.4 Å². The summed E-state index contributed by atoms with van der Waals surface area (Å²) >= 11 is 0. The Balaban J connectivity index is 2.17. The molecule has 152 valence electrons. The molecule has 2 atom stereocenters. The van der Waals surface area contributed by atoms with Gasteiger partial charge in [0.05, 0.1) is 20.0 Å². The minimum atomic E-state index is -3.56. The molecule has 0 aliphatic carbocycles. The Kier molecular flexibility index (Phi) is 6.75. The van der Waals surface area contributed by atoms with Crippen LogP contribution < -0.4 is 4.74 Å². The number of ether oxygens (including phenoxy) is 2. The monoisotopic (exact) mass is 399 g/mol. The van der Waals surface area contributed by atoms with E-state index in [2.05, 4.69) is 0 Å². The summed E-state index contributed by atoms with van der Waals surface area (Å²) in [5.41, 5.74) is 0.490. The zero-order valence-corrected chi connectivity index (χ0v) is 17.4. The summed E-state index contributed by atoms with van der Waals surface area (Å²) in [6.07, 6.45) is 1.34. The van der Waals surface area contributed by atoms with E-state index in [1.165, 1.54) is 0 Å². The van der Waals surface area contributed by atoms with Crippen LogP contribution in [0.25, 0.3) is 0 Å². The highest BCUT2D eigenvalue weighted by molar-refractivity contribution is 7.85. The first-order chi connectivity index (χ1) is 12.5. The molecule has 2 rings (SSSR count). The van der Waals surface area contributed by atoms with Crippen molar-refractivity contribution in [2.45, 2.75) is 38.7 Å². The number of methoxy groups -OCH3 is 1. The van der Waals surface area contributed by atoms with E-state index < -0.39 is 15.7 Å². The second-order valence-electron chi connectivity index (χ2n) is 7.84. The molecule has 7 nitrogen and oxygen atoms in total. The second-order valence-corrected chi connectivity index (χ2v) is 9.49. The van der Waals surface area contributed by atoms with Gasteiger partial charge in [-0.2, -0.15) is 8.42 Å². The molecular formula is C19H29NO6S. The zero-order valence-electron chi connectivity index (χ0n) is 16.6. The van der Waals surface area contributed by atoms with Crippen molar-refractivity contribution in [3.63, 3.8) is 0 Å². The Labute approximate surface area is 161 Å². The standard InChI is InChI=1S/C19H29NO6S/c1-19(2,3)26-18(21)20-11-10-17(14-6-8-16(24-4)9-7-14)15(12-20)13-25-27(5,22)23/h6-9,15,17H,10-13H2,1-5H3/t15-,17+/m0/s1. The zero-order chi connectivity index (χ0) is 20.2. The van der Waals surface area contributed by atoms with E-state index in [0.29, 0.717) is 19.5 Å². The first-order valence-corrected chi connectivity index (χ1v) is 10.8. The number of benzene rings is 1. The van der Waals surface area contributed by atoms with Crippen LogP contribution in [0.3, 0.4) is 0 Å². The number of nitrogens with zero attached hydrogens (tertiary/aromatic N) is 1. The third-order valence-corrected chi connectivity index (χ3v) is 4.99. The van der Waals surface area contributed by atoms with Crippen LogP contribution in [0.2, 0.25) is 0 Å². The Morgan fingerprint density at radius 2 is 1.85 bits per heavy atom. The largest absolute Gasteiger partial charge is 0.497 e. The molecule has 8 heteroatoms. The molecule has 0 aromatic heterocycles. The minimum Gasteiger partial charge on any atom is -0.497 e. The number of rotatable bonds is 5. The fraction of sp³-hybridized carbons (Fsp3) is 0.632. The average molecular weight is 400 g/mol. The van der Waals surface area contributed by atoms with Crippen molar-refractivity contribution >= 4 is 16.2 Å². The topological polar surface area (TPSA) is 82.1 Å². The second kappa shape index (κ2) is 8.48. The van der Waals surface area contributed by atoms with Crippen LogP contribution in [0.15, 0.2) is 24.3 Å². The predicted octanol–water partition coefficient (Wildman–Crippen LogP) is 3.01. The minimum absolute atomic E-state index is 0.0226. The molecule has 0 spiro atoms. The maximum absolute atomic E-state index is 12.4. The number of amides is 1. The molecule has 1 aromatic carbocycles. The third-order valence-electron chi connectivity index (χ3n) is 4.43. The van der Waals surface area contributed by atoms with Gasteiger partial charge >= 0.3 is 6.09 Å². The van der Waals surface area contributed by atoms with Crippen molar-refractivity contribution < 1.29 is 26.9 Å². The van der Waals surface area contributed by atoms with Gasteiger partial charge in [-0.25, -0.2) is 4.79 Å². The summed E-state index contributed by atoms with van der Waals surface area (Å²) in [4.78, 5) is 14.0. The van der Waals surface area contributed by atoms with Crippen LogP contribution in [0.4, 0.5) is 4.79 Å². The Morgan fingerprint density at radius 3 is 2.37 bits per heavy atom. The summed E-state index contributed by atoms with van der Waals surface area (Å²) in [6.45, 7) is 6.40. The molecule has 1 heterocycles. The highest BCUT2D eigenvalue weighted by Gasteiger charge is 2.35. The van der Waals surface area contributed by atoms with E-state index in [9.17, 15) is 13.2 Å². The van der Waals surface area contributed by atoms with Crippen LogP contribution in [0.5, 0.6) is 5.75 Å². The molecule has 0 bridgehead atoms. The van der Waals surface area contributed by atoms with Gasteiger partial charge in [-0.15, -0.1) is 0 Å². The quantitative estimate of drug-likeness (QED) is 0.708. The van der Waals surface area contributed by atoms with Gasteiger partial charge in [-0.1, -0.05) is 12.1 Å². The van der Waals surface area contributed by atoms with Gasteiger partial charge in [-0.05, 0) is 50.8 Å². The summed E-state index contributed by atoms with van der Waals surface area (Å²) in [6, 6.07) is 7.70. The van der Waals surface area contributed by atoms with E-state index in [4.69, 9.17) is 13.7 Å². The van der Waals surface area contributed by atoms with E-state index in [1.54, 1.807) is 12.0 Å².